The Balaban J connectivity index is 1.74. The Morgan fingerprint density at radius 1 is 1.27 bits per heavy atom. The van der Waals surface area contributed by atoms with Crippen molar-refractivity contribution in [3.63, 3.8) is 0 Å². The number of halogens is 3. The second-order valence-electron chi connectivity index (χ2n) is 5.76. The van der Waals surface area contributed by atoms with Crippen molar-refractivity contribution in [1.82, 2.24) is 14.8 Å². The van der Waals surface area contributed by atoms with Crippen LogP contribution in [0.1, 0.15) is 40.9 Å². The van der Waals surface area contributed by atoms with Gasteiger partial charge in [0.25, 0.3) is 0 Å². The lowest BCUT2D eigenvalue weighted by Gasteiger charge is -2.11. The lowest BCUT2D eigenvalue weighted by atomic mass is 10.0. The van der Waals surface area contributed by atoms with Crippen LogP contribution < -0.4 is 0 Å². The van der Waals surface area contributed by atoms with Gasteiger partial charge in [0.1, 0.15) is 6.17 Å². The summed E-state index contributed by atoms with van der Waals surface area (Å²) < 4.78 is 42.4. The highest BCUT2D eigenvalue weighted by Crippen LogP contribution is 2.45. The fourth-order valence-electron chi connectivity index (χ4n) is 2.85. The zero-order chi connectivity index (χ0) is 15.5. The number of aromatic nitrogens is 3. The van der Waals surface area contributed by atoms with Gasteiger partial charge in [-0.15, -0.1) is 5.10 Å². The third kappa shape index (κ3) is 1.95. The molecule has 2 heterocycles. The summed E-state index contributed by atoms with van der Waals surface area (Å²) in [5.74, 6) is -5.32. The average Bonchev–Trinajstić information content (AvgIpc) is 2.97. The molecule has 1 saturated carbocycles. The van der Waals surface area contributed by atoms with Gasteiger partial charge in [0.15, 0.2) is 5.82 Å². The summed E-state index contributed by atoms with van der Waals surface area (Å²) in [4.78, 5) is 15.7. The van der Waals surface area contributed by atoms with Gasteiger partial charge in [-0.1, -0.05) is 30.3 Å². The van der Waals surface area contributed by atoms with Crippen molar-refractivity contribution >= 4 is 5.78 Å². The summed E-state index contributed by atoms with van der Waals surface area (Å²) in [5, 5.41) is 3.95. The number of benzene rings is 1. The van der Waals surface area contributed by atoms with E-state index in [1.54, 1.807) is 30.3 Å². The Kier molecular flexibility index (Phi) is 2.70. The van der Waals surface area contributed by atoms with E-state index in [0.29, 0.717) is 5.56 Å². The van der Waals surface area contributed by atoms with E-state index in [9.17, 15) is 18.0 Å². The van der Waals surface area contributed by atoms with Crippen molar-refractivity contribution in [2.45, 2.75) is 31.0 Å². The van der Waals surface area contributed by atoms with Gasteiger partial charge >= 0.3 is 5.92 Å². The molecule has 114 valence electrons. The molecule has 0 amide bonds. The zero-order valence-corrected chi connectivity index (χ0v) is 11.4. The first-order valence-electron chi connectivity index (χ1n) is 7.05. The standard InChI is InChI=1S/C15H12F3N3O/c16-10-6-9(10)12(22)13-19-14-15(17,18)7-11(21(14)20-13)8-4-2-1-3-5-8/h1-5,9-11H,6-7H2/t9?,10?,11-/m0/s1. The highest BCUT2D eigenvalue weighted by molar-refractivity contribution is 5.96. The Morgan fingerprint density at radius 3 is 2.59 bits per heavy atom. The van der Waals surface area contributed by atoms with Crippen LogP contribution in [0.4, 0.5) is 13.2 Å². The van der Waals surface area contributed by atoms with Gasteiger partial charge in [-0.2, -0.15) is 8.78 Å². The molecule has 0 N–H and O–H groups in total. The van der Waals surface area contributed by atoms with Crippen molar-refractivity contribution in [2.75, 3.05) is 0 Å². The molecule has 4 rings (SSSR count). The lowest BCUT2D eigenvalue weighted by Crippen LogP contribution is -2.13. The molecule has 0 radical (unpaired) electrons. The van der Waals surface area contributed by atoms with E-state index in [0.717, 1.165) is 4.68 Å². The van der Waals surface area contributed by atoms with Crippen LogP contribution in [0, 0.1) is 5.92 Å². The summed E-state index contributed by atoms with van der Waals surface area (Å²) in [5.41, 5.74) is 0.680. The average molecular weight is 307 g/mol. The highest BCUT2D eigenvalue weighted by Gasteiger charge is 2.51. The Hall–Kier alpha value is -2.18. The first-order chi connectivity index (χ1) is 10.5. The molecule has 2 aliphatic rings. The number of carbonyl (C=O) groups excluding carboxylic acids is 1. The fraction of sp³-hybridized carbons (Fsp3) is 0.400. The molecule has 2 aromatic rings. The van der Waals surface area contributed by atoms with E-state index >= 15 is 0 Å². The van der Waals surface area contributed by atoms with Gasteiger partial charge in [-0.05, 0) is 12.0 Å². The van der Waals surface area contributed by atoms with Crippen LogP contribution in [0.15, 0.2) is 30.3 Å². The van der Waals surface area contributed by atoms with E-state index in [2.05, 4.69) is 10.1 Å². The second-order valence-corrected chi connectivity index (χ2v) is 5.76. The van der Waals surface area contributed by atoms with Crippen molar-refractivity contribution in [2.24, 2.45) is 5.92 Å². The first kappa shape index (κ1) is 13.5. The largest absolute Gasteiger partial charge is 0.308 e. The van der Waals surface area contributed by atoms with Gasteiger partial charge < -0.3 is 0 Å². The molecule has 7 heteroatoms. The number of ketones is 1. The summed E-state index contributed by atoms with van der Waals surface area (Å²) in [6.07, 6.45) is -1.51. The number of fused-ring (bicyclic) bond motifs is 1. The second kappa shape index (κ2) is 4.41. The minimum Gasteiger partial charge on any atom is -0.290 e. The van der Waals surface area contributed by atoms with Gasteiger partial charge in [-0.25, -0.2) is 14.1 Å². The number of nitrogens with zero attached hydrogens (tertiary/aromatic N) is 3. The summed E-state index contributed by atoms with van der Waals surface area (Å²) >= 11 is 0. The monoisotopic (exact) mass is 307 g/mol. The SMILES string of the molecule is O=C(c1nc2n(n1)[C@H](c1ccccc1)CC2(F)F)C1CC1F. The third-order valence-electron chi connectivity index (χ3n) is 4.16. The lowest BCUT2D eigenvalue weighted by molar-refractivity contribution is -0.00883. The van der Waals surface area contributed by atoms with Crippen LogP contribution in [-0.4, -0.2) is 26.7 Å². The molecule has 1 aliphatic carbocycles. The molecule has 1 fully saturated rings. The Bertz CT molecular complexity index is 744. The Morgan fingerprint density at radius 2 is 1.95 bits per heavy atom. The number of alkyl halides is 3. The van der Waals surface area contributed by atoms with E-state index in [1.807, 2.05) is 0 Å². The molecule has 0 saturated heterocycles. The molecule has 0 bridgehead atoms. The minimum absolute atomic E-state index is 0.126. The summed E-state index contributed by atoms with van der Waals surface area (Å²) in [6, 6.07) is 8.11. The van der Waals surface area contributed by atoms with Crippen molar-refractivity contribution < 1.29 is 18.0 Å². The highest BCUT2D eigenvalue weighted by atomic mass is 19.3. The maximum atomic E-state index is 14.1. The van der Waals surface area contributed by atoms with E-state index < -0.39 is 42.1 Å². The van der Waals surface area contributed by atoms with Crippen LogP contribution in [0.3, 0.4) is 0 Å². The molecule has 22 heavy (non-hydrogen) atoms. The van der Waals surface area contributed by atoms with Crippen LogP contribution in [0.5, 0.6) is 0 Å². The van der Waals surface area contributed by atoms with Crippen molar-refractivity contribution in [3.05, 3.63) is 47.5 Å². The van der Waals surface area contributed by atoms with Crippen molar-refractivity contribution in [3.8, 4) is 0 Å². The maximum absolute atomic E-state index is 14.1. The van der Waals surface area contributed by atoms with Crippen LogP contribution >= 0.6 is 0 Å². The van der Waals surface area contributed by atoms with Gasteiger partial charge in [0, 0.05) is 6.42 Å². The molecule has 1 aromatic carbocycles. The quantitative estimate of drug-likeness (QED) is 0.819. The normalized spacial score (nSPS) is 28.4. The number of carbonyl (C=O) groups is 1. The molecule has 4 nitrogen and oxygen atoms in total. The third-order valence-corrected chi connectivity index (χ3v) is 4.16. The van der Waals surface area contributed by atoms with E-state index in [-0.39, 0.29) is 12.2 Å². The molecule has 0 spiro atoms. The number of Topliss-reactive ketones (excluding diaryl/α,β-unsaturated/α-hetero) is 1. The maximum Gasteiger partial charge on any atom is 0.308 e. The van der Waals surface area contributed by atoms with Crippen LogP contribution in [0.25, 0.3) is 0 Å². The van der Waals surface area contributed by atoms with Crippen LogP contribution in [-0.2, 0) is 5.92 Å². The van der Waals surface area contributed by atoms with Gasteiger partial charge in [0.2, 0.25) is 11.6 Å². The molecular formula is C15H12F3N3O. The van der Waals surface area contributed by atoms with E-state index in [1.165, 1.54) is 0 Å². The van der Waals surface area contributed by atoms with Gasteiger partial charge in [-0.3, -0.25) is 4.79 Å². The smallest absolute Gasteiger partial charge is 0.290 e. The number of rotatable bonds is 3. The predicted octanol–water partition coefficient (Wildman–Crippen LogP) is 2.90. The van der Waals surface area contributed by atoms with Crippen LogP contribution in [0.2, 0.25) is 0 Å². The first-order valence-corrected chi connectivity index (χ1v) is 7.05. The zero-order valence-electron chi connectivity index (χ0n) is 11.4. The fourth-order valence-corrected chi connectivity index (χ4v) is 2.85. The molecule has 3 atom stereocenters. The van der Waals surface area contributed by atoms with Gasteiger partial charge in [0.05, 0.1) is 12.0 Å². The molecule has 1 aromatic heterocycles. The Labute approximate surface area is 124 Å². The van der Waals surface area contributed by atoms with E-state index in [4.69, 9.17) is 0 Å². The minimum atomic E-state index is -3.15. The number of hydrogen-bond acceptors (Lipinski definition) is 3. The molecule has 2 unspecified atom stereocenters. The molecule has 1 aliphatic heterocycles. The number of hydrogen-bond donors (Lipinski definition) is 0. The topological polar surface area (TPSA) is 47.8 Å². The van der Waals surface area contributed by atoms with Crippen molar-refractivity contribution in [1.29, 1.82) is 0 Å². The summed E-state index contributed by atoms with van der Waals surface area (Å²) in [6.45, 7) is 0. The predicted molar refractivity (Wildman–Crippen MR) is 70.4 cm³/mol. The summed E-state index contributed by atoms with van der Waals surface area (Å²) in [7, 11) is 0. The molecular weight excluding hydrogens is 295 g/mol.